The van der Waals surface area contributed by atoms with Crippen LogP contribution >= 0.6 is 23.1 Å². The zero-order valence-electron chi connectivity index (χ0n) is 11.5. The molecule has 3 aromatic heterocycles. The largest absolute Gasteiger partial charge is 0.332 e. The second-order valence-corrected chi connectivity index (χ2v) is 7.01. The van der Waals surface area contributed by atoms with E-state index in [1.165, 1.54) is 15.0 Å². The Balaban J connectivity index is 1.64. The summed E-state index contributed by atoms with van der Waals surface area (Å²) in [6.07, 6.45) is 3.68. The molecular weight excluding hydrogens is 298 g/mol. The topological polar surface area (TPSA) is 30.7 Å². The molecule has 0 bridgehead atoms. The van der Waals surface area contributed by atoms with Crippen LogP contribution in [0.2, 0.25) is 0 Å². The second-order valence-electron chi connectivity index (χ2n) is 4.88. The van der Waals surface area contributed by atoms with Crippen molar-refractivity contribution in [2.75, 3.05) is 0 Å². The average molecular weight is 311 g/mol. The van der Waals surface area contributed by atoms with Crippen LogP contribution in [0.3, 0.4) is 0 Å². The molecule has 21 heavy (non-hydrogen) atoms. The van der Waals surface area contributed by atoms with E-state index in [-0.39, 0.29) is 0 Å². The number of rotatable bonds is 3. The Kier molecular flexibility index (Phi) is 3.16. The van der Waals surface area contributed by atoms with Crippen molar-refractivity contribution in [2.24, 2.45) is 7.05 Å². The van der Waals surface area contributed by atoms with Crippen molar-refractivity contribution in [3.05, 3.63) is 53.8 Å². The number of fused-ring (bicyclic) bond motifs is 2. The summed E-state index contributed by atoms with van der Waals surface area (Å²) >= 11 is 3.63. The Labute approximate surface area is 130 Å². The normalized spacial score (nSPS) is 11.5. The molecule has 0 amide bonds. The van der Waals surface area contributed by atoms with E-state index in [0.29, 0.717) is 0 Å². The summed E-state index contributed by atoms with van der Waals surface area (Å²) in [7, 11) is 2.01. The molecule has 1 aromatic carbocycles. The van der Waals surface area contributed by atoms with Crippen LogP contribution in [0.15, 0.2) is 53.9 Å². The van der Waals surface area contributed by atoms with E-state index in [9.17, 15) is 0 Å². The van der Waals surface area contributed by atoms with Gasteiger partial charge in [-0.2, -0.15) is 0 Å². The quantitative estimate of drug-likeness (QED) is 0.523. The number of hydrogen-bond donors (Lipinski definition) is 0. The van der Waals surface area contributed by atoms with Gasteiger partial charge >= 0.3 is 0 Å². The molecule has 3 heterocycles. The summed E-state index contributed by atoms with van der Waals surface area (Å²) in [4.78, 5) is 10.3. The molecule has 0 spiro atoms. The summed E-state index contributed by atoms with van der Waals surface area (Å²) < 4.78 is 3.38. The lowest BCUT2D eigenvalue weighted by atomic mass is 10.2. The van der Waals surface area contributed by atoms with Crippen LogP contribution in [0, 0.1) is 0 Å². The molecule has 4 rings (SSSR count). The first-order valence-corrected chi connectivity index (χ1v) is 8.48. The number of thiophene rings is 1. The van der Waals surface area contributed by atoms with Gasteiger partial charge in [0.1, 0.15) is 10.5 Å². The van der Waals surface area contributed by atoms with Gasteiger partial charge in [-0.25, -0.2) is 9.97 Å². The minimum Gasteiger partial charge on any atom is -0.332 e. The van der Waals surface area contributed by atoms with Gasteiger partial charge in [-0.15, -0.1) is 11.3 Å². The molecule has 3 nitrogen and oxygen atoms in total. The molecule has 0 saturated carbocycles. The molecule has 104 valence electrons. The number of nitrogens with zero attached hydrogens (tertiary/aromatic N) is 3. The van der Waals surface area contributed by atoms with Gasteiger partial charge in [-0.05, 0) is 23.6 Å². The lowest BCUT2D eigenvalue weighted by Crippen LogP contribution is -1.89. The maximum absolute atomic E-state index is 4.52. The van der Waals surface area contributed by atoms with Crippen molar-refractivity contribution < 1.29 is 0 Å². The van der Waals surface area contributed by atoms with Gasteiger partial charge in [0.25, 0.3) is 0 Å². The van der Waals surface area contributed by atoms with E-state index in [2.05, 4.69) is 40.3 Å². The zero-order chi connectivity index (χ0) is 14.2. The Morgan fingerprint density at radius 1 is 1.19 bits per heavy atom. The van der Waals surface area contributed by atoms with Crippen molar-refractivity contribution >= 4 is 44.2 Å². The Morgan fingerprint density at radius 3 is 3.00 bits per heavy atom. The predicted octanol–water partition coefficient (Wildman–Crippen LogP) is 4.48. The molecule has 4 aromatic rings. The molecule has 0 radical (unpaired) electrons. The van der Waals surface area contributed by atoms with E-state index < -0.39 is 0 Å². The first-order chi connectivity index (χ1) is 10.3. The van der Waals surface area contributed by atoms with Gasteiger partial charge in [0, 0.05) is 28.6 Å². The van der Waals surface area contributed by atoms with Gasteiger partial charge in [-0.1, -0.05) is 30.0 Å². The molecule has 0 aliphatic carbocycles. The average Bonchev–Trinajstić information content (AvgIpc) is 3.09. The number of imidazole rings is 1. The zero-order valence-corrected chi connectivity index (χ0v) is 13.1. The Bertz CT molecular complexity index is 890. The maximum Gasteiger partial charge on any atom is 0.122 e. The number of thioether (sulfide) groups is 1. The first kappa shape index (κ1) is 12.9. The third-order valence-electron chi connectivity index (χ3n) is 3.42. The fourth-order valence-electron chi connectivity index (χ4n) is 2.42. The lowest BCUT2D eigenvalue weighted by Gasteiger charge is -2.02. The first-order valence-electron chi connectivity index (χ1n) is 6.67. The molecular formula is C16H13N3S2. The molecule has 0 aliphatic rings. The highest BCUT2D eigenvalue weighted by Crippen LogP contribution is 2.32. The van der Waals surface area contributed by atoms with Crippen LogP contribution in [0.25, 0.3) is 21.1 Å². The van der Waals surface area contributed by atoms with Crippen molar-refractivity contribution in [1.82, 2.24) is 14.5 Å². The number of benzene rings is 1. The number of hydrogen-bond acceptors (Lipinski definition) is 4. The van der Waals surface area contributed by atoms with Crippen molar-refractivity contribution in [3.63, 3.8) is 0 Å². The van der Waals surface area contributed by atoms with Gasteiger partial charge in [0.05, 0.1) is 11.8 Å². The standard InChI is InChI=1S/C16H13N3S2/c1-19-10-18-13-6-7-17-16(15(13)19)20-9-12-8-11-4-2-3-5-14(11)21-12/h2-8,10H,9H2,1H3. The minimum absolute atomic E-state index is 0.941. The van der Waals surface area contributed by atoms with Gasteiger partial charge in [0.15, 0.2) is 0 Å². The second kappa shape index (κ2) is 5.16. The van der Waals surface area contributed by atoms with Crippen molar-refractivity contribution in [2.45, 2.75) is 10.8 Å². The minimum atomic E-state index is 0.941. The lowest BCUT2D eigenvalue weighted by molar-refractivity contribution is 0.927. The number of pyridine rings is 1. The molecule has 0 atom stereocenters. The number of aromatic nitrogens is 3. The molecule has 0 unspecified atom stereocenters. The molecule has 0 aliphatic heterocycles. The van der Waals surface area contributed by atoms with Gasteiger partial charge in [-0.3, -0.25) is 0 Å². The molecule has 5 heteroatoms. The van der Waals surface area contributed by atoms with Crippen LogP contribution < -0.4 is 0 Å². The fourth-order valence-corrected chi connectivity index (χ4v) is 4.58. The molecule has 0 fully saturated rings. The van der Waals surface area contributed by atoms with E-state index in [4.69, 9.17) is 0 Å². The third kappa shape index (κ3) is 2.32. The van der Waals surface area contributed by atoms with E-state index in [1.54, 1.807) is 11.8 Å². The SMILES string of the molecule is Cn1cnc2ccnc(SCc3cc4ccccc4s3)c21. The monoisotopic (exact) mass is 311 g/mol. The van der Waals surface area contributed by atoms with Crippen LogP contribution in [-0.2, 0) is 12.8 Å². The van der Waals surface area contributed by atoms with Gasteiger partial charge < -0.3 is 4.57 Å². The van der Waals surface area contributed by atoms with Crippen LogP contribution in [0.4, 0.5) is 0 Å². The number of aryl methyl sites for hydroxylation is 1. The highest BCUT2D eigenvalue weighted by atomic mass is 32.2. The predicted molar refractivity (Wildman–Crippen MR) is 89.9 cm³/mol. The van der Waals surface area contributed by atoms with Crippen molar-refractivity contribution in [3.8, 4) is 0 Å². The highest BCUT2D eigenvalue weighted by molar-refractivity contribution is 7.98. The Morgan fingerprint density at radius 2 is 2.10 bits per heavy atom. The van der Waals surface area contributed by atoms with Crippen LogP contribution in [0.1, 0.15) is 4.88 Å². The maximum atomic E-state index is 4.52. The van der Waals surface area contributed by atoms with Crippen LogP contribution in [-0.4, -0.2) is 14.5 Å². The Hall–Kier alpha value is -1.85. The summed E-state index contributed by atoms with van der Waals surface area (Å²) in [5.74, 6) is 0.941. The van der Waals surface area contributed by atoms with Crippen molar-refractivity contribution in [1.29, 1.82) is 0 Å². The fraction of sp³-hybridized carbons (Fsp3) is 0.125. The van der Waals surface area contributed by atoms with Gasteiger partial charge in [0.2, 0.25) is 0 Å². The summed E-state index contributed by atoms with van der Waals surface area (Å²) in [6, 6.07) is 12.8. The summed E-state index contributed by atoms with van der Waals surface area (Å²) in [5, 5.41) is 2.37. The van der Waals surface area contributed by atoms with E-state index in [0.717, 1.165) is 21.8 Å². The molecule has 0 saturated heterocycles. The van der Waals surface area contributed by atoms with Crippen LogP contribution in [0.5, 0.6) is 0 Å². The third-order valence-corrected chi connectivity index (χ3v) is 5.75. The van der Waals surface area contributed by atoms with E-state index >= 15 is 0 Å². The van der Waals surface area contributed by atoms with E-state index in [1.807, 2.05) is 41.5 Å². The smallest absolute Gasteiger partial charge is 0.122 e. The summed E-state index contributed by atoms with van der Waals surface area (Å²) in [5.41, 5.74) is 2.12. The highest BCUT2D eigenvalue weighted by Gasteiger charge is 2.09. The summed E-state index contributed by atoms with van der Waals surface area (Å²) in [6.45, 7) is 0. The molecule has 0 N–H and O–H groups in total.